The number of benzene rings is 1. The average Bonchev–Trinajstić information content (AvgIpc) is 2.39. The third-order valence-corrected chi connectivity index (χ3v) is 3.92. The average molecular weight is 263 g/mol. The molecule has 0 heterocycles. The minimum atomic E-state index is 0.435. The molecule has 1 aromatic carbocycles. The standard InChI is InChI=1S/C16H25NS/c1-4-6-15-7-9-16(10-8-15)14(3)17-11-13-18-12-5-2/h5,7-10,14,17H,2,4,6,11-13H2,1,3H3. The molecular formula is C16H25NS. The second-order valence-electron chi connectivity index (χ2n) is 4.53. The fraction of sp³-hybridized carbons (Fsp3) is 0.500. The van der Waals surface area contributed by atoms with Gasteiger partial charge in [0.15, 0.2) is 0 Å². The third-order valence-electron chi connectivity index (χ3n) is 2.95. The van der Waals surface area contributed by atoms with Gasteiger partial charge in [-0.05, 0) is 24.5 Å². The highest BCUT2D eigenvalue weighted by Gasteiger charge is 2.03. The summed E-state index contributed by atoms with van der Waals surface area (Å²) in [4.78, 5) is 0. The summed E-state index contributed by atoms with van der Waals surface area (Å²) in [6, 6.07) is 9.44. The highest BCUT2D eigenvalue weighted by molar-refractivity contribution is 7.99. The summed E-state index contributed by atoms with van der Waals surface area (Å²) in [5.41, 5.74) is 2.82. The van der Waals surface area contributed by atoms with Crippen LogP contribution in [-0.4, -0.2) is 18.1 Å². The molecule has 1 aromatic rings. The van der Waals surface area contributed by atoms with Crippen molar-refractivity contribution >= 4 is 11.8 Å². The highest BCUT2D eigenvalue weighted by Crippen LogP contribution is 2.14. The van der Waals surface area contributed by atoms with Gasteiger partial charge in [0, 0.05) is 24.1 Å². The van der Waals surface area contributed by atoms with E-state index in [1.807, 2.05) is 17.8 Å². The predicted octanol–water partition coefficient (Wildman–Crippen LogP) is 4.21. The Kier molecular flexibility index (Phi) is 7.86. The Morgan fingerprint density at radius 1 is 1.33 bits per heavy atom. The lowest BCUT2D eigenvalue weighted by molar-refractivity contribution is 0.601. The number of nitrogens with one attached hydrogen (secondary N) is 1. The van der Waals surface area contributed by atoms with Crippen molar-refractivity contribution in [2.75, 3.05) is 18.1 Å². The third kappa shape index (κ3) is 5.74. The van der Waals surface area contributed by atoms with E-state index in [0.717, 1.165) is 18.1 Å². The number of hydrogen-bond acceptors (Lipinski definition) is 2. The Balaban J connectivity index is 2.32. The fourth-order valence-electron chi connectivity index (χ4n) is 1.89. The molecule has 0 saturated heterocycles. The summed E-state index contributed by atoms with van der Waals surface area (Å²) in [5.74, 6) is 2.19. The molecule has 1 N–H and O–H groups in total. The van der Waals surface area contributed by atoms with Gasteiger partial charge in [-0.3, -0.25) is 0 Å². The summed E-state index contributed by atoms with van der Waals surface area (Å²) in [7, 11) is 0. The molecule has 0 aliphatic heterocycles. The molecule has 1 nitrogen and oxygen atoms in total. The van der Waals surface area contributed by atoms with E-state index in [4.69, 9.17) is 0 Å². The number of aryl methyl sites for hydroxylation is 1. The summed E-state index contributed by atoms with van der Waals surface area (Å²) in [6.07, 6.45) is 4.36. The zero-order valence-corrected chi connectivity index (χ0v) is 12.4. The topological polar surface area (TPSA) is 12.0 Å². The zero-order valence-electron chi connectivity index (χ0n) is 11.6. The molecule has 0 aliphatic rings. The van der Waals surface area contributed by atoms with E-state index < -0.39 is 0 Å². The lowest BCUT2D eigenvalue weighted by atomic mass is 10.0. The summed E-state index contributed by atoms with van der Waals surface area (Å²) in [6.45, 7) is 9.23. The lowest BCUT2D eigenvalue weighted by Crippen LogP contribution is -2.21. The van der Waals surface area contributed by atoms with Crippen molar-refractivity contribution in [1.29, 1.82) is 0 Å². The molecular weight excluding hydrogens is 238 g/mol. The number of hydrogen-bond donors (Lipinski definition) is 1. The van der Waals surface area contributed by atoms with Gasteiger partial charge in [0.2, 0.25) is 0 Å². The molecule has 0 amide bonds. The van der Waals surface area contributed by atoms with Crippen LogP contribution in [0, 0.1) is 0 Å². The van der Waals surface area contributed by atoms with Gasteiger partial charge in [-0.25, -0.2) is 0 Å². The Morgan fingerprint density at radius 2 is 2.06 bits per heavy atom. The van der Waals surface area contributed by atoms with Crippen LogP contribution >= 0.6 is 11.8 Å². The molecule has 1 unspecified atom stereocenters. The Labute approximate surface area is 116 Å². The maximum atomic E-state index is 3.72. The first kappa shape index (κ1) is 15.3. The van der Waals surface area contributed by atoms with Crippen molar-refractivity contribution in [3.05, 3.63) is 48.0 Å². The molecule has 18 heavy (non-hydrogen) atoms. The van der Waals surface area contributed by atoms with Crippen LogP contribution in [0.3, 0.4) is 0 Å². The summed E-state index contributed by atoms with van der Waals surface area (Å²) >= 11 is 1.92. The van der Waals surface area contributed by atoms with E-state index in [-0.39, 0.29) is 0 Å². The van der Waals surface area contributed by atoms with Crippen LogP contribution in [0.2, 0.25) is 0 Å². The van der Waals surface area contributed by atoms with Gasteiger partial charge in [-0.1, -0.05) is 43.7 Å². The van der Waals surface area contributed by atoms with Crippen molar-refractivity contribution in [2.45, 2.75) is 32.7 Å². The van der Waals surface area contributed by atoms with Crippen molar-refractivity contribution in [2.24, 2.45) is 0 Å². The molecule has 0 spiro atoms. The van der Waals surface area contributed by atoms with E-state index >= 15 is 0 Å². The van der Waals surface area contributed by atoms with Gasteiger partial charge >= 0.3 is 0 Å². The minimum Gasteiger partial charge on any atom is -0.309 e. The lowest BCUT2D eigenvalue weighted by Gasteiger charge is -2.14. The SMILES string of the molecule is C=CCSCCNC(C)c1ccc(CCC)cc1. The van der Waals surface area contributed by atoms with Gasteiger partial charge < -0.3 is 5.32 Å². The quantitative estimate of drug-likeness (QED) is 0.529. The normalized spacial score (nSPS) is 12.3. The molecule has 2 heteroatoms. The first-order valence-corrected chi connectivity index (χ1v) is 7.94. The minimum absolute atomic E-state index is 0.435. The maximum absolute atomic E-state index is 3.72. The first-order valence-electron chi connectivity index (χ1n) is 6.78. The molecule has 1 atom stereocenters. The van der Waals surface area contributed by atoms with Crippen LogP contribution in [0.5, 0.6) is 0 Å². The summed E-state index contributed by atoms with van der Waals surface area (Å²) in [5, 5.41) is 3.55. The van der Waals surface area contributed by atoms with Crippen LogP contribution in [0.4, 0.5) is 0 Å². The van der Waals surface area contributed by atoms with Crippen molar-refractivity contribution in [3.63, 3.8) is 0 Å². The number of rotatable bonds is 9. The molecule has 0 bridgehead atoms. The number of thioether (sulfide) groups is 1. The van der Waals surface area contributed by atoms with Crippen LogP contribution in [0.1, 0.15) is 37.4 Å². The van der Waals surface area contributed by atoms with E-state index in [1.54, 1.807) is 0 Å². The second-order valence-corrected chi connectivity index (χ2v) is 5.68. The van der Waals surface area contributed by atoms with Gasteiger partial charge in [0.05, 0.1) is 0 Å². The Bertz CT molecular complexity index is 331. The van der Waals surface area contributed by atoms with Crippen LogP contribution < -0.4 is 5.32 Å². The van der Waals surface area contributed by atoms with Crippen molar-refractivity contribution < 1.29 is 0 Å². The molecule has 0 radical (unpaired) electrons. The molecule has 0 fully saturated rings. The van der Waals surface area contributed by atoms with Gasteiger partial charge in [0.1, 0.15) is 0 Å². The zero-order chi connectivity index (χ0) is 13.2. The van der Waals surface area contributed by atoms with E-state index in [1.165, 1.54) is 24.0 Å². The second kappa shape index (κ2) is 9.23. The maximum Gasteiger partial charge on any atom is 0.0292 e. The van der Waals surface area contributed by atoms with Crippen molar-refractivity contribution in [3.8, 4) is 0 Å². The predicted molar refractivity (Wildman–Crippen MR) is 84.4 cm³/mol. The Hall–Kier alpha value is -0.730. The first-order chi connectivity index (χ1) is 8.77. The monoisotopic (exact) mass is 263 g/mol. The van der Waals surface area contributed by atoms with Gasteiger partial charge in [-0.2, -0.15) is 11.8 Å². The van der Waals surface area contributed by atoms with Crippen molar-refractivity contribution in [1.82, 2.24) is 5.32 Å². The molecule has 0 aromatic heterocycles. The van der Waals surface area contributed by atoms with E-state index in [9.17, 15) is 0 Å². The summed E-state index contributed by atoms with van der Waals surface area (Å²) < 4.78 is 0. The highest BCUT2D eigenvalue weighted by atomic mass is 32.2. The molecule has 1 rings (SSSR count). The van der Waals surface area contributed by atoms with E-state index in [2.05, 4.69) is 50.0 Å². The van der Waals surface area contributed by atoms with Crippen LogP contribution in [-0.2, 0) is 6.42 Å². The smallest absolute Gasteiger partial charge is 0.0292 e. The molecule has 0 saturated carbocycles. The molecule has 100 valence electrons. The van der Waals surface area contributed by atoms with Crippen LogP contribution in [0.25, 0.3) is 0 Å². The fourth-order valence-corrected chi connectivity index (χ4v) is 2.49. The largest absolute Gasteiger partial charge is 0.309 e. The van der Waals surface area contributed by atoms with Crippen LogP contribution in [0.15, 0.2) is 36.9 Å². The van der Waals surface area contributed by atoms with Gasteiger partial charge in [-0.15, -0.1) is 6.58 Å². The van der Waals surface area contributed by atoms with E-state index in [0.29, 0.717) is 6.04 Å². The Morgan fingerprint density at radius 3 is 2.67 bits per heavy atom. The van der Waals surface area contributed by atoms with Gasteiger partial charge in [0.25, 0.3) is 0 Å². The molecule has 0 aliphatic carbocycles.